The largest absolute Gasteiger partial charge is 0.374 e. The molecule has 2 heteroatoms. The van der Waals surface area contributed by atoms with E-state index in [4.69, 9.17) is 10.5 Å². The Labute approximate surface area is 88.2 Å². The fourth-order valence-electron chi connectivity index (χ4n) is 2.61. The molecular formula is C12H25NO. The fraction of sp³-hybridized carbons (Fsp3) is 1.00. The molecule has 0 aromatic carbocycles. The first-order valence-corrected chi connectivity index (χ1v) is 6.10. The van der Waals surface area contributed by atoms with E-state index in [9.17, 15) is 0 Å². The number of hydrogen-bond donors (Lipinski definition) is 1. The summed E-state index contributed by atoms with van der Waals surface area (Å²) in [6.45, 7) is 5.83. The Morgan fingerprint density at radius 2 is 1.93 bits per heavy atom. The summed E-state index contributed by atoms with van der Waals surface area (Å²) in [6, 6.07) is 0. The molecule has 1 aliphatic rings. The fourth-order valence-corrected chi connectivity index (χ4v) is 2.61. The molecule has 0 aromatic rings. The highest BCUT2D eigenvalue weighted by Gasteiger charge is 2.34. The van der Waals surface area contributed by atoms with Gasteiger partial charge in [-0.2, -0.15) is 0 Å². The van der Waals surface area contributed by atoms with Crippen LogP contribution in [0.3, 0.4) is 0 Å². The Bertz CT molecular complexity index is 150. The van der Waals surface area contributed by atoms with Crippen molar-refractivity contribution in [3.8, 4) is 0 Å². The van der Waals surface area contributed by atoms with Gasteiger partial charge in [-0.15, -0.1) is 0 Å². The minimum absolute atomic E-state index is 0.0268. The number of ether oxygens (including phenoxy) is 1. The molecule has 1 saturated carbocycles. The van der Waals surface area contributed by atoms with E-state index in [2.05, 4.69) is 13.8 Å². The number of hydrogen-bond acceptors (Lipinski definition) is 2. The van der Waals surface area contributed by atoms with Crippen molar-refractivity contribution in [2.24, 2.45) is 11.7 Å². The molecule has 0 unspecified atom stereocenters. The monoisotopic (exact) mass is 199 g/mol. The number of rotatable bonds is 5. The van der Waals surface area contributed by atoms with Gasteiger partial charge in [0.25, 0.3) is 0 Å². The molecule has 1 fully saturated rings. The van der Waals surface area contributed by atoms with Crippen molar-refractivity contribution in [1.82, 2.24) is 0 Å². The molecule has 0 heterocycles. The van der Waals surface area contributed by atoms with Crippen LogP contribution in [0.5, 0.6) is 0 Å². The van der Waals surface area contributed by atoms with Crippen molar-refractivity contribution in [1.29, 1.82) is 0 Å². The van der Waals surface area contributed by atoms with Gasteiger partial charge in [-0.1, -0.05) is 19.8 Å². The Morgan fingerprint density at radius 1 is 1.29 bits per heavy atom. The van der Waals surface area contributed by atoms with Crippen molar-refractivity contribution in [2.45, 2.75) is 58.0 Å². The zero-order valence-electron chi connectivity index (χ0n) is 9.72. The zero-order chi connectivity index (χ0) is 10.4. The molecule has 0 spiro atoms. The predicted octanol–water partition coefficient (Wildman–Crippen LogP) is 2.71. The third-order valence-corrected chi connectivity index (χ3v) is 3.54. The van der Waals surface area contributed by atoms with E-state index in [0.29, 0.717) is 6.54 Å². The van der Waals surface area contributed by atoms with E-state index >= 15 is 0 Å². The molecular weight excluding hydrogens is 174 g/mol. The normalized spacial score (nSPS) is 33.2. The van der Waals surface area contributed by atoms with E-state index in [-0.39, 0.29) is 5.60 Å². The summed E-state index contributed by atoms with van der Waals surface area (Å²) in [5.41, 5.74) is 5.85. The molecule has 0 radical (unpaired) electrons. The standard InChI is InChI=1S/C12H25NO/c1-3-5-11-6-8-12(10-13,9-7-11)14-4-2/h11H,3-10,13H2,1-2H3. The highest BCUT2D eigenvalue weighted by molar-refractivity contribution is 4.88. The maximum absolute atomic E-state index is 5.82. The Balaban J connectivity index is 2.38. The predicted molar refractivity (Wildman–Crippen MR) is 60.3 cm³/mol. The molecule has 14 heavy (non-hydrogen) atoms. The molecule has 0 aliphatic heterocycles. The molecule has 1 aliphatic carbocycles. The Kier molecular flexibility index (Phi) is 4.90. The van der Waals surface area contributed by atoms with Crippen molar-refractivity contribution in [3.63, 3.8) is 0 Å². The lowest BCUT2D eigenvalue weighted by molar-refractivity contribution is -0.0663. The summed E-state index contributed by atoms with van der Waals surface area (Å²) in [7, 11) is 0. The van der Waals surface area contributed by atoms with Crippen LogP contribution in [-0.2, 0) is 4.74 Å². The molecule has 2 nitrogen and oxygen atoms in total. The van der Waals surface area contributed by atoms with E-state index in [1.807, 2.05) is 0 Å². The molecule has 84 valence electrons. The van der Waals surface area contributed by atoms with Crippen LogP contribution < -0.4 is 5.73 Å². The lowest BCUT2D eigenvalue weighted by Gasteiger charge is -2.39. The molecule has 0 amide bonds. The third kappa shape index (κ3) is 2.96. The molecule has 0 bridgehead atoms. The molecule has 1 rings (SSSR count). The average Bonchev–Trinajstić information content (AvgIpc) is 2.22. The van der Waals surface area contributed by atoms with Gasteiger partial charge in [0.05, 0.1) is 5.60 Å². The van der Waals surface area contributed by atoms with E-state index in [0.717, 1.165) is 12.5 Å². The summed E-state index contributed by atoms with van der Waals surface area (Å²) >= 11 is 0. The van der Waals surface area contributed by atoms with Gasteiger partial charge < -0.3 is 10.5 Å². The van der Waals surface area contributed by atoms with Gasteiger partial charge in [0.15, 0.2) is 0 Å². The van der Waals surface area contributed by atoms with Crippen LogP contribution >= 0.6 is 0 Å². The van der Waals surface area contributed by atoms with Crippen molar-refractivity contribution < 1.29 is 4.74 Å². The van der Waals surface area contributed by atoms with Crippen LogP contribution in [-0.4, -0.2) is 18.8 Å². The quantitative estimate of drug-likeness (QED) is 0.739. The van der Waals surface area contributed by atoms with Crippen LogP contribution in [0.15, 0.2) is 0 Å². The summed E-state index contributed by atoms with van der Waals surface area (Å²) < 4.78 is 5.82. The van der Waals surface area contributed by atoms with Gasteiger partial charge in [-0.3, -0.25) is 0 Å². The van der Waals surface area contributed by atoms with E-state index in [1.54, 1.807) is 0 Å². The minimum Gasteiger partial charge on any atom is -0.374 e. The SMILES string of the molecule is CCCC1CCC(CN)(OCC)CC1. The molecule has 0 atom stereocenters. The second-order valence-corrected chi connectivity index (χ2v) is 4.55. The highest BCUT2D eigenvalue weighted by Crippen LogP contribution is 2.36. The molecule has 0 aromatic heterocycles. The summed E-state index contributed by atoms with van der Waals surface area (Å²) in [4.78, 5) is 0. The maximum atomic E-state index is 5.82. The van der Waals surface area contributed by atoms with Crippen LogP contribution in [0.4, 0.5) is 0 Å². The molecule has 0 saturated heterocycles. The Morgan fingerprint density at radius 3 is 2.36 bits per heavy atom. The van der Waals surface area contributed by atoms with Gasteiger partial charge in [0.2, 0.25) is 0 Å². The van der Waals surface area contributed by atoms with Crippen molar-refractivity contribution in [3.05, 3.63) is 0 Å². The van der Waals surface area contributed by atoms with Crippen LogP contribution in [0.25, 0.3) is 0 Å². The first kappa shape index (κ1) is 12.0. The van der Waals surface area contributed by atoms with Crippen molar-refractivity contribution in [2.75, 3.05) is 13.2 Å². The van der Waals surface area contributed by atoms with Gasteiger partial charge in [-0.25, -0.2) is 0 Å². The van der Waals surface area contributed by atoms with Gasteiger partial charge in [0.1, 0.15) is 0 Å². The smallest absolute Gasteiger partial charge is 0.0804 e. The van der Waals surface area contributed by atoms with Gasteiger partial charge >= 0.3 is 0 Å². The lowest BCUT2D eigenvalue weighted by atomic mass is 9.77. The van der Waals surface area contributed by atoms with E-state index in [1.165, 1.54) is 38.5 Å². The summed E-state index contributed by atoms with van der Waals surface area (Å²) in [5.74, 6) is 0.931. The average molecular weight is 199 g/mol. The third-order valence-electron chi connectivity index (χ3n) is 3.54. The van der Waals surface area contributed by atoms with Gasteiger partial charge in [0, 0.05) is 13.2 Å². The van der Waals surface area contributed by atoms with Crippen molar-refractivity contribution >= 4 is 0 Å². The van der Waals surface area contributed by atoms with Gasteiger partial charge in [-0.05, 0) is 38.5 Å². The van der Waals surface area contributed by atoms with E-state index < -0.39 is 0 Å². The molecule has 2 N–H and O–H groups in total. The first-order chi connectivity index (χ1) is 6.76. The first-order valence-electron chi connectivity index (χ1n) is 6.10. The Hall–Kier alpha value is -0.0800. The lowest BCUT2D eigenvalue weighted by Crippen LogP contribution is -2.44. The highest BCUT2D eigenvalue weighted by atomic mass is 16.5. The maximum Gasteiger partial charge on any atom is 0.0804 e. The topological polar surface area (TPSA) is 35.2 Å². The van der Waals surface area contributed by atoms with Crippen LogP contribution in [0.2, 0.25) is 0 Å². The number of nitrogens with two attached hydrogens (primary N) is 1. The second-order valence-electron chi connectivity index (χ2n) is 4.55. The summed E-state index contributed by atoms with van der Waals surface area (Å²) in [6.07, 6.45) is 7.65. The van der Waals surface area contributed by atoms with Crippen LogP contribution in [0, 0.1) is 5.92 Å². The summed E-state index contributed by atoms with van der Waals surface area (Å²) in [5, 5.41) is 0. The van der Waals surface area contributed by atoms with Crippen LogP contribution in [0.1, 0.15) is 52.4 Å². The zero-order valence-corrected chi connectivity index (χ0v) is 9.72. The second kappa shape index (κ2) is 5.72. The minimum atomic E-state index is 0.0268.